The molecular weight excluding hydrogens is 408 g/mol. The van der Waals surface area contributed by atoms with E-state index in [0.717, 1.165) is 10.3 Å². The molecule has 2 heterocycles. The van der Waals surface area contributed by atoms with Gasteiger partial charge in [-0.25, -0.2) is 9.00 Å². The third-order valence-electron chi connectivity index (χ3n) is 3.90. The molecule has 9 heteroatoms. The summed E-state index contributed by atoms with van der Waals surface area (Å²) in [7, 11) is -1.58. The van der Waals surface area contributed by atoms with Gasteiger partial charge >= 0.3 is 6.09 Å². The van der Waals surface area contributed by atoms with Gasteiger partial charge in [0.2, 0.25) is 5.09 Å². The van der Waals surface area contributed by atoms with Gasteiger partial charge in [0, 0.05) is 27.1 Å². The maximum Gasteiger partial charge on any atom is 0.407 e. The summed E-state index contributed by atoms with van der Waals surface area (Å²) in [5.41, 5.74) is 1.31. The molecule has 1 fully saturated rings. The SMILES string of the molecule is O=C1NCC(CSc2ccc(Cl)cc2NS(=O)c2cc3ccccc3o2)O1. The lowest BCUT2D eigenvalue weighted by Gasteiger charge is -2.12. The van der Waals surface area contributed by atoms with E-state index in [0.29, 0.717) is 33.7 Å². The molecule has 6 nitrogen and oxygen atoms in total. The topological polar surface area (TPSA) is 80.6 Å². The summed E-state index contributed by atoms with van der Waals surface area (Å²) in [5, 5.41) is 4.37. The highest BCUT2D eigenvalue weighted by atomic mass is 35.5. The van der Waals surface area contributed by atoms with Gasteiger partial charge in [-0.2, -0.15) is 0 Å². The summed E-state index contributed by atoms with van der Waals surface area (Å²) in [6.07, 6.45) is -0.604. The largest absolute Gasteiger partial charge is 0.445 e. The number of anilines is 1. The van der Waals surface area contributed by atoms with Crippen LogP contribution in [0.25, 0.3) is 11.0 Å². The molecule has 2 atom stereocenters. The van der Waals surface area contributed by atoms with Crippen LogP contribution in [0.5, 0.6) is 0 Å². The molecule has 3 aromatic rings. The van der Waals surface area contributed by atoms with Crippen molar-refractivity contribution in [1.29, 1.82) is 0 Å². The number of furan rings is 1. The highest BCUT2D eigenvalue weighted by Gasteiger charge is 2.23. The van der Waals surface area contributed by atoms with Crippen LogP contribution in [0.2, 0.25) is 5.02 Å². The molecule has 0 saturated carbocycles. The van der Waals surface area contributed by atoms with Gasteiger partial charge < -0.3 is 14.5 Å². The molecule has 1 aliphatic heterocycles. The summed E-state index contributed by atoms with van der Waals surface area (Å²) in [6.45, 7) is 0.479. The van der Waals surface area contributed by atoms with E-state index in [1.807, 2.05) is 30.3 Å². The number of ether oxygens (including phenoxy) is 1. The zero-order chi connectivity index (χ0) is 18.8. The predicted molar refractivity (Wildman–Crippen MR) is 107 cm³/mol. The maximum absolute atomic E-state index is 12.7. The molecule has 2 unspecified atom stereocenters. The first-order chi connectivity index (χ1) is 13.1. The monoisotopic (exact) mass is 422 g/mol. The quantitative estimate of drug-likeness (QED) is 0.574. The van der Waals surface area contributed by atoms with Crippen LogP contribution in [0.15, 0.2) is 62.9 Å². The number of carbonyl (C=O) groups is 1. The molecule has 140 valence electrons. The number of cyclic esters (lactones) is 1. The van der Waals surface area contributed by atoms with E-state index in [-0.39, 0.29) is 6.10 Å². The van der Waals surface area contributed by atoms with Crippen molar-refractivity contribution >= 4 is 57.1 Å². The highest BCUT2D eigenvalue weighted by Crippen LogP contribution is 2.32. The van der Waals surface area contributed by atoms with Crippen molar-refractivity contribution in [3.05, 3.63) is 53.6 Å². The van der Waals surface area contributed by atoms with Crippen molar-refractivity contribution in [2.75, 3.05) is 17.0 Å². The Balaban J connectivity index is 1.50. The average Bonchev–Trinajstić information content (AvgIpc) is 3.27. The molecule has 2 aromatic carbocycles. The molecule has 1 aliphatic rings. The highest BCUT2D eigenvalue weighted by molar-refractivity contribution is 7.99. The van der Waals surface area contributed by atoms with E-state index in [9.17, 15) is 9.00 Å². The molecule has 1 aromatic heterocycles. The maximum atomic E-state index is 12.7. The minimum Gasteiger partial charge on any atom is -0.445 e. The Kier molecular flexibility index (Phi) is 5.29. The van der Waals surface area contributed by atoms with Crippen molar-refractivity contribution in [2.24, 2.45) is 0 Å². The Morgan fingerprint density at radius 1 is 1.26 bits per heavy atom. The van der Waals surface area contributed by atoms with E-state index in [1.165, 1.54) is 11.8 Å². The lowest BCUT2D eigenvalue weighted by Crippen LogP contribution is -2.16. The van der Waals surface area contributed by atoms with Gasteiger partial charge in [0.15, 0.2) is 11.0 Å². The molecule has 0 aliphatic carbocycles. The smallest absolute Gasteiger partial charge is 0.407 e. The predicted octanol–water partition coefficient (Wildman–Crippen LogP) is 4.42. The van der Waals surface area contributed by atoms with Crippen LogP contribution in [-0.2, 0) is 15.7 Å². The molecule has 2 N–H and O–H groups in total. The van der Waals surface area contributed by atoms with Gasteiger partial charge in [0.25, 0.3) is 0 Å². The summed E-state index contributed by atoms with van der Waals surface area (Å²) in [5.74, 6) is 0.576. The molecule has 27 heavy (non-hydrogen) atoms. The first kappa shape index (κ1) is 18.2. The first-order valence-corrected chi connectivity index (χ1v) is 10.6. The van der Waals surface area contributed by atoms with Gasteiger partial charge in [-0.1, -0.05) is 29.8 Å². The lowest BCUT2D eigenvalue weighted by atomic mass is 10.3. The number of benzene rings is 2. The number of fused-ring (bicyclic) bond motifs is 1. The Morgan fingerprint density at radius 2 is 2.11 bits per heavy atom. The molecule has 1 amide bonds. The number of para-hydroxylation sites is 1. The number of amides is 1. The number of alkyl carbamates (subject to hydrolysis) is 1. The molecule has 0 spiro atoms. The second-order valence-corrected chi connectivity index (χ2v) is 8.48. The average molecular weight is 423 g/mol. The van der Waals surface area contributed by atoms with Crippen LogP contribution < -0.4 is 10.0 Å². The Hall–Kier alpha value is -2.16. The van der Waals surface area contributed by atoms with Gasteiger partial charge in [-0.15, -0.1) is 11.8 Å². The number of hydrogen-bond donors (Lipinski definition) is 2. The van der Waals surface area contributed by atoms with Crippen molar-refractivity contribution < 1.29 is 18.2 Å². The van der Waals surface area contributed by atoms with Crippen molar-refractivity contribution in [3.63, 3.8) is 0 Å². The molecule has 0 radical (unpaired) electrons. The molecule has 0 bridgehead atoms. The van der Waals surface area contributed by atoms with E-state index in [2.05, 4.69) is 10.0 Å². The summed E-state index contributed by atoms with van der Waals surface area (Å²) < 4.78 is 26.5. The minimum atomic E-state index is -1.58. The number of hydrogen-bond acceptors (Lipinski definition) is 5. The van der Waals surface area contributed by atoms with Crippen LogP contribution in [-0.4, -0.2) is 28.7 Å². The molecule has 4 rings (SSSR count). The van der Waals surface area contributed by atoms with Gasteiger partial charge in [-0.3, -0.25) is 4.72 Å². The third kappa shape index (κ3) is 4.23. The van der Waals surface area contributed by atoms with Crippen LogP contribution in [0.3, 0.4) is 0 Å². The van der Waals surface area contributed by atoms with E-state index >= 15 is 0 Å². The fourth-order valence-corrected chi connectivity index (χ4v) is 4.70. The number of nitrogens with one attached hydrogen (secondary N) is 2. The Bertz CT molecular complexity index is 991. The third-order valence-corrected chi connectivity index (χ3v) is 6.31. The van der Waals surface area contributed by atoms with E-state index in [1.54, 1.807) is 18.2 Å². The number of thioether (sulfide) groups is 1. The van der Waals surface area contributed by atoms with Crippen molar-refractivity contribution in [2.45, 2.75) is 16.1 Å². The zero-order valence-corrected chi connectivity index (χ0v) is 16.3. The van der Waals surface area contributed by atoms with E-state index in [4.69, 9.17) is 20.8 Å². The van der Waals surface area contributed by atoms with Crippen LogP contribution >= 0.6 is 23.4 Å². The van der Waals surface area contributed by atoms with Crippen molar-refractivity contribution in [1.82, 2.24) is 5.32 Å². The zero-order valence-electron chi connectivity index (χ0n) is 13.9. The summed E-state index contributed by atoms with van der Waals surface area (Å²) in [6, 6.07) is 14.6. The normalized spacial score (nSPS) is 17.5. The fourth-order valence-electron chi connectivity index (χ4n) is 2.61. The second kappa shape index (κ2) is 7.84. The fraction of sp³-hybridized carbons (Fsp3) is 0.167. The number of rotatable bonds is 6. The number of carbonyl (C=O) groups excluding carboxylic acids is 1. The number of halogens is 1. The summed E-state index contributed by atoms with van der Waals surface area (Å²) >= 11 is 7.60. The Morgan fingerprint density at radius 3 is 2.89 bits per heavy atom. The van der Waals surface area contributed by atoms with Crippen molar-refractivity contribution in [3.8, 4) is 0 Å². The standard InChI is InChI=1S/C18H15ClN2O4S2/c19-12-5-6-16(26-10-13-9-20-18(22)24-13)14(8-12)21-27(23)17-7-11-3-1-2-4-15(11)25-17/h1-8,13,21H,9-10H2,(H,20,22). The van der Waals surface area contributed by atoms with Gasteiger partial charge in [0.05, 0.1) is 12.2 Å². The molecular formula is C18H15ClN2O4S2. The molecule has 1 saturated heterocycles. The van der Waals surface area contributed by atoms with E-state index < -0.39 is 17.1 Å². The first-order valence-electron chi connectivity index (χ1n) is 8.12. The van der Waals surface area contributed by atoms with Gasteiger partial charge in [-0.05, 0) is 24.3 Å². The van der Waals surface area contributed by atoms with Crippen LogP contribution in [0.4, 0.5) is 10.5 Å². The van der Waals surface area contributed by atoms with Crippen LogP contribution in [0, 0.1) is 0 Å². The lowest BCUT2D eigenvalue weighted by molar-refractivity contribution is 0.150. The van der Waals surface area contributed by atoms with Crippen LogP contribution in [0.1, 0.15) is 0 Å². The Labute approximate surface area is 167 Å². The second-order valence-electron chi connectivity index (χ2n) is 5.83. The summed E-state index contributed by atoms with van der Waals surface area (Å²) in [4.78, 5) is 12.0. The minimum absolute atomic E-state index is 0.202. The van der Waals surface area contributed by atoms with Gasteiger partial charge in [0.1, 0.15) is 11.7 Å².